The van der Waals surface area contributed by atoms with Gasteiger partial charge >= 0.3 is 5.97 Å². The summed E-state index contributed by atoms with van der Waals surface area (Å²) in [6, 6.07) is 4.31. The van der Waals surface area contributed by atoms with E-state index < -0.39 is 10.9 Å². The first-order chi connectivity index (χ1) is 12.3. The Kier molecular flexibility index (Phi) is 6.54. The molecule has 1 saturated carbocycles. The van der Waals surface area contributed by atoms with Gasteiger partial charge in [0.15, 0.2) is 6.61 Å². The molecule has 2 rings (SSSR count). The predicted octanol–water partition coefficient (Wildman–Crippen LogP) is 2.61. The highest BCUT2D eigenvalue weighted by Gasteiger charge is 2.24. The molecule has 0 aliphatic heterocycles. The molecule has 8 nitrogen and oxygen atoms in total. The Bertz CT molecular complexity index is 683. The summed E-state index contributed by atoms with van der Waals surface area (Å²) in [4.78, 5) is 38.3. The van der Waals surface area contributed by atoms with Crippen LogP contribution in [0, 0.1) is 10.1 Å². The zero-order chi connectivity index (χ0) is 19.3. The average Bonchev–Trinajstić information content (AvgIpc) is 2.65. The Balaban J connectivity index is 2.00. The van der Waals surface area contributed by atoms with Crippen molar-refractivity contribution in [1.29, 1.82) is 0 Å². The molecule has 0 atom stereocenters. The number of nitro benzene ring substituents is 1. The van der Waals surface area contributed by atoms with Gasteiger partial charge in [0, 0.05) is 33.3 Å². The largest absolute Gasteiger partial charge is 0.452 e. The Morgan fingerprint density at radius 3 is 2.42 bits per heavy atom. The van der Waals surface area contributed by atoms with Crippen LogP contribution >= 0.6 is 0 Å². The van der Waals surface area contributed by atoms with E-state index in [0.29, 0.717) is 5.69 Å². The van der Waals surface area contributed by atoms with Crippen molar-refractivity contribution in [2.45, 2.75) is 38.1 Å². The van der Waals surface area contributed by atoms with Gasteiger partial charge in [-0.25, -0.2) is 4.79 Å². The lowest BCUT2D eigenvalue weighted by atomic mass is 9.94. The second kappa shape index (κ2) is 8.64. The van der Waals surface area contributed by atoms with Crippen LogP contribution in [0.5, 0.6) is 0 Å². The molecule has 0 N–H and O–H groups in total. The highest BCUT2D eigenvalue weighted by atomic mass is 16.6. The highest BCUT2D eigenvalue weighted by molar-refractivity contribution is 5.93. The van der Waals surface area contributed by atoms with Crippen LogP contribution in [-0.2, 0) is 9.53 Å². The van der Waals surface area contributed by atoms with Gasteiger partial charge in [-0.15, -0.1) is 0 Å². The van der Waals surface area contributed by atoms with E-state index in [0.717, 1.165) is 25.7 Å². The third kappa shape index (κ3) is 4.71. The molecule has 0 unspecified atom stereocenters. The molecule has 1 aliphatic carbocycles. The lowest BCUT2D eigenvalue weighted by molar-refractivity contribution is -0.384. The summed E-state index contributed by atoms with van der Waals surface area (Å²) in [5, 5.41) is 11.2. The second-order valence-corrected chi connectivity index (χ2v) is 6.73. The predicted molar refractivity (Wildman–Crippen MR) is 97.3 cm³/mol. The van der Waals surface area contributed by atoms with E-state index in [4.69, 9.17) is 4.74 Å². The number of amides is 1. The number of carbonyl (C=O) groups is 2. The third-order valence-electron chi connectivity index (χ3n) is 4.73. The van der Waals surface area contributed by atoms with Gasteiger partial charge in [-0.3, -0.25) is 14.9 Å². The minimum absolute atomic E-state index is 0.0513. The third-order valence-corrected chi connectivity index (χ3v) is 4.73. The Morgan fingerprint density at radius 2 is 1.85 bits per heavy atom. The number of hydrogen-bond acceptors (Lipinski definition) is 6. The van der Waals surface area contributed by atoms with Gasteiger partial charge in [0.1, 0.15) is 5.69 Å². The van der Waals surface area contributed by atoms with Gasteiger partial charge in [-0.05, 0) is 25.0 Å². The average molecular weight is 363 g/mol. The van der Waals surface area contributed by atoms with Crippen molar-refractivity contribution in [2.75, 3.05) is 32.6 Å². The van der Waals surface area contributed by atoms with E-state index in [-0.39, 0.29) is 29.8 Å². The smallest absolute Gasteiger partial charge is 0.338 e. The topological polar surface area (TPSA) is 93.0 Å². The number of rotatable bonds is 6. The van der Waals surface area contributed by atoms with Crippen molar-refractivity contribution >= 4 is 23.3 Å². The molecule has 142 valence electrons. The van der Waals surface area contributed by atoms with Crippen LogP contribution < -0.4 is 4.90 Å². The van der Waals surface area contributed by atoms with Crippen molar-refractivity contribution in [3.05, 3.63) is 33.9 Å². The maximum atomic E-state index is 12.2. The fraction of sp³-hybridized carbons (Fsp3) is 0.556. The van der Waals surface area contributed by atoms with Crippen LogP contribution in [0.2, 0.25) is 0 Å². The Hall–Kier alpha value is -2.64. The lowest BCUT2D eigenvalue weighted by Crippen LogP contribution is -2.40. The molecule has 1 amide bonds. The number of esters is 1. The van der Waals surface area contributed by atoms with E-state index in [2.05, 4.69) is 0 Å². The molecule has 0 bridgehead atoms. The fourth-order valence-corrected chi connectivity index (χ4v) is 3.16. The summed E-state index contributed by atoms with van der Waals surface area (Å²) < 4.78 is 5.07. The first-order valence-electron chi connectivity index (χ1n) is 8.69. The van der Waals surface area contributed by atoms with Crippen LogP contribution in [0.1, 0.15) is 42.5 Å². The van der Waals surface area contributed by atoms with Crippen molar-refractivity contribution in [2.24, 2.45) is 0 Å². The number of anilines is 1. The van der Waals surface area contributed by atoms with Crippen LogP contribution in [0.4, 0.5) is 11.4 Å². The van der Waals surface area contributed by atoms with Gasteiger partial charge in [0.05, 0.1) is 10.5 Å². The summed E-state index contributed by atoms with van der Waals surface area (Å²) in [7, 11) is 5.09. The number of hydrogen-bond donors (Lipinski definition) is 0. The normalized spacial score (nSPS) is 14.6. The van der Waals surface area contributed by atoms with E-state index >= 15 is 0 Å². The van der Waals surface area contributed by atoms with Gasteiger partial charge < -0.3 is 14.5 Å². The zero-order valence-electron chi connectivity index (χ0n) is 15.4. The first-order valence-corrected chi connectivity index (χ1v) is 8.69. The zero-order valence-corrected chi connectivity index (χ0v) is 15.4. The number of carbonyl (C=O) groups excluding carboxylic acids is 2. The van der Waals surface area contributed by atoms with Crippen LogP contribution in [-0.4, -0.2) is 55.5 Å². The number of nitrogens with zero attached hydrogens (tertiary/aromatic N) is 3. The van der Waals surface area contributed by atoms with Gasteiger partial charge in [0.25, 0.3) is 11.6 Å². The molecular weight excluding hydrogens is 338 g/mol. The summed E-state index contributed by atoms with van der Waals surface area (Å²) in [5.41, 5.74) is 0.255. The first kappa shape index (κ1) is 19.7. The maximum Gasteiger partial charge on any atom is 0.338 e. The molecule has 0 saturated heterocycles. The van der Waals surface area contributed by atoms with E-state index in [9.17, 15) is 19.7 Å². The van der Waals surface area contributed by atoms with Crippen LogP contribution in [0.25, 0.3) is 0 Å². The summed E-state index contributed by atoms with van der Waals surface area (Å²) in [5.74, 6) is -1.01. The highest BCUT2D eigenvalue weighted by Crippen LogP contribution is 2.28. The summed E-state index contributed by atoms with van der Waals surface area (Å²) in [6.45, 7) is -0.366. The minimum Gasteiger partial charge on any atom is -0.452 e. The van der Waals surface area contributed by atoms with Crippen LogP contribution in [0.3, 0.4) is 0 Å². The molecule has 0 aromatic heterocycles. The van der Waals surface area contributed by atoms with E-state index in [1.807, 2.05) is 0 Å². The van der Waals surface area contributed by atoms with E-state index in [1.54, 1.807) is 30.9 Å². The number of benzene rings is 1. The molecule has 1 fully saturated rings. The minimum atomic E-state index is -0.746. The summed E-state index contributed by atoms with van der Waals surface area (Å²) in [6.07, 6.45) is 5.33. The molecule has 0 spiro atoms. The van der Waals surface area contributed by atoms with Crippen molar-refractivity contribution in [3.8, 4) is 0 Å². The molecule has 8 heteroatoms. The van der Waals surface area contributed by atoms with Gasteiger partial charge in [0.2, 0.25) is 0 Å². The Labute approximate surface area is 152 Å². The van der Waals surface area contributed by atoms with Gasteiger partial charge in [-0.1, -0.05) is 19.3 Å². The molecule has 1 aliphatic rings. The maximum absolute atomic E-state index is 12.2. The standard InChI is InChI=1S/C18H25N3O5/c1-19(2)15-10-9-13(11-16(15)21(24)25)18(23)26-12-17(22)20(3)14-7-5-4-6-8-14/h9-11,14H,4-8,12H2,1-3H3. The molecular formula is C18H25N3O5. The quantitative estimate of drug-likeness (QED) is 0.438. The molecule has 26 heavy (non-hydrogen) atoms. The number of ether oxygens (including phenoxy) is 1. The van der Waals surface area contributed by atoms with Crippen LogP contribution in [0.15, 0.2) is 18.2 Å². The second-order valence-electron chi connectivity index (χ2n) is 6.73. The molecule has 1 aromatic rings. The molecule has 0 heterocycles. The van der Waals surface area contributed by atoms with Crippen molar-refractivity contribution < 1.29 is 19.2 Å². The van der Waals surface area contributed by atoms with Gasteiger partial charge in [-0.2, -0.15) is 0 Å². The fourth-order valence-electron chi connectivity index (χ4n) is 3.16. The molecule has 1 aromatic carbocycles. The Morgan fingerprint density at radius 1 is 1.19 bits per heavy atom. The van der Waals surface area contributed by atoms with Crippen molar-refractivity contribution in [3.63, 3.8) is 0 Å². The lowest BCUT2D eigenvalue weighted by Gasteiger charge is -2.31. The molecule has 0 radical (unpaired) electrons. The SMILES string of the molecule is CN(C)c1ccc(C(=O)OCC(=O)N(C)C2CCCCC2)cc1[N+](=O)[O-]. The number of likely N-dealkylation sites (N-methyl/N-ethyl adjacent to an activating group) is 1. The summed E-state index contributed by atoms with van der Waals surface area (Å²) >= 11 is 0. The number of nitro groups is 1. The van der Waals surface area contributed by atoms with Crippen molar-refractivity contribution in [1.82, 2.24) is 4.90 Å². The van der Waals surface area contributed by atoms with E-state index in [1.165, 1.54) is 24.6 Å². The monoisotopic (exact) mass is 363 g/mol.